The van der Waals surface area contributed by atoms with Gasteiger partial charge >= 0.3 is 0 Å². The van der Waals surface area contributed by atoms with Crippen LogP contribution in [0.15, 0.2) is 95.5 Å². The molecule has 0 unspecified atom stereocenters. The topological polar surface area (TPSA) is 0 Å². The molecule has 116 valence electrons. The minimum atomic E-state index is 1.17. The van der Waals surface area contributed by atoms with E-state index in [9.17, 15) is 0 Å². The lowest BCUT2D eigenvalue weighted by Crippen LogP contribution is -1.80. The van der Waals surface area contributed by atoms with Crippen molar-refractivity contribution < 1.29 is 0 Å². The van der Waals surface area contributed by atoms with E-state index in [1.54, 1.807) is 0 Å². The van der Waals surface area contributed by atoms with E-state index in [1.165, 1.54) is 36.5 Å². The van der Waals surface area contributed by atoms with Crippen LogP contribution in [0.5, 0.6) is 0 Å². The fourth-order valence-electron chi connectivity index (χ4n) is 2.84. The van der Waals surface area contributed by atoms with Gasteiger partial charge in [-0.3, -0.25) is 0 Å². The standard InChI is InChI=1S/C22H15BrS/c23-20-19(16-10-4-1-5-11-16)21(17-12-6-2-7-13-17)24-22(20)18-14-8-3-9-15-18/h1-15H. The van der Waals surface area contributed by atoms with Gasteiger partial charge in [-0.25, -0.2) is 0 Å². The SMILES string of the molecule is Brc1c(-c2ccccc2)sc(-c2ccccc2)c1-c1ccccc1. The molecule has 24 heavy (non-hydrogen) atoms. The molecule has 0 N–H and O–H groups in total. The van der Waals surface area contributed by atoms with Gasteiger partial charge in [0.05, 0.1) is 0 Å². The van der Waals surface area contributed by atoms with Gasteiger partial charge in [0.2, 0.25) is 0 Å². The van der Waals surface area contributed by atoms with Gasteiger partial charge in [0.1, 0.15) is 0 Å². The smallest absolute Gasteiger partial charge is 0.0498 e. The van der Waals surface area contributed by atoms with Gasteiger partial charge < -0.3 is 0 Å². The third-order valence-electron chi connectivity index (χ3n) is 3.98. The van der Waals surface area contributed by atoms with Gasteiger partial charge in [-0.15, -0.1) is 11.3 Å². The summed E-state index contributed by atoms with van der Waals surface area (Å²) in [4.78, 5) is 2.57. The maximum atomic E-state index is 3.88. The molecule has 0 atom stereocenters. The molecule has 0 saturated heterocycles. The Morgan fingerprint density at radius 1 is 0.500 bits per heavy atom. The summed E-state index contributed by atoms with van der Waals surface area (Å²) < 4.78 is 1.17. The highest BCUT2D eigenvalue weighted by molar-refractivity contribution is 9.10. The molecule has 0 spiro atoms. The van der Waals surface area contributed by atoms with Crippen molar-refractivity contribution in [2.24, 2.45) is 0 Å². The van der Waals surface area contributed by atoms with Gasteiger partial charge in [0.15, 0.2) is 0 Å². The molecule has 0 aliphatic heterocycles. The first-order valence-electron chi connectivity index (χ1n) is 7.83. The predicted octanol–water partition coefficient (Wildman–Crippen LogP) is 7.51. The molecular formula is C22H15BrS. The van der Waals surface area contributed by atoms with Gasteiger partial charge in [0.25, 0.3) is 0 Å². The highest BCUT2D eigenvalue weighted by atomic mass is 79.9. The van der Waals surface area contributed by atoms with Crippen LogP contribution in [0.2, 0.25) is 0 Å². The predicted molar refractivity (Wildman–Crippen MR) is 108 cm³/mol. The number of thiophene rings is 1. The summed E-state index contributed by atoms with van der Waals surface area (Å²) in [6.45, 7) is 0. The summed E-state index contributed by atoms with van der Waals surface area (Å²) in [5.41, 5.74) is 5.00. The second-order valence-electron chi connectivity index (χ2n) is 5.55. The van der Waals surface area contributed by atoms with Crippen LogP contribution in [0.3, 0.4) is 0 Å². The molecule has 0 bridgehead atoms. The Morgan fingerprint density at radius 2 is 0.917 bits per heavy atom. The third kappa shape index (κ3) is 2.83. The molecule has 0 aliphatic rings. The zero-order valence-corrected chi connectivity index (χ0v) is 15.3. The normalized spacial score (nSPS) is 10.7. The first kappa shape index (κ1) is 15.4. The van der Waals surface area contributed by atoms with Gasteiger partial charge in [-0.05, 0) is 32.6 Å². The van der Waals surface area contributed by atoms with E-state index in [2.05, 4.69) is 107 Å². The second kappa shape index (κ2) is 6.76. The van der Waals surface area contributed by atoms with E-state index >= 15 is 0 Å². The fraction of sp³-hybridized carbons (Fsp3) is 0. The van der Waals surface area contributed by atoms with E-state index in [0.29, 0.717) is 0 Å². The Hall–Kier alpha value is -2.16. The Labute approximate surface area is 154 Å². The van der Waals surface area contributed by atoms with Gasteiger partial charge in [-0.2, -0.15) is 0 Å². The van der Waals surface area contributed by atoms with Crippen LogP contribution >= 0.6 is 27.3 Å². The lowest BCUT2D eigenvalue weighted by atomic mass is 10.0. The van der Waals surface area contributed by atoms with Crippen molar-refractivity contribution in [2.75, 3.05) is 0 Å². The molecule has 0 saturated carbocycles. The fourth-order valence-corrected chi connectivity index (χ4v) is 5.10. The first-order chi connectivity index (χ1) is 11.8. The van der Waals surface area contributed by atoms with E-state index in [4.69, 9.17) is 0 Å². The van der Waals surface area contributed by atoms with Crippen LogP contribution in [-0.2, 0) is 0 Å². The number of benzene rings is 3. The average molecular weight is 391 g/mol. The van der Waals surface area contributed by atoms with Crippen molar-refractivity contribution >= 4 is 27.3 Å². The van der Waals surface area contributed by atoms with E-state index < -0.39 is 0 Å². The van der Waals surface area contributed by atoms with E-state index in [1.807, 2.05) is 11.3 Å². The maximum Gasteiger partial charge on any atom is 0.0498 e. The average Bonchev–Trinajstić information content (AvgIpc) is 3.01. The second-order valence-corrected chi connectivity index (χ2v) is 7.36. The summed E-state index contributed by atoms with van der Waals surface area (Å²) in [5.74, 6) is 0. The molecule has 4 aromatic rings. The third-order valence-corrected chi connectivity index (χ3v) is 6.33. The zero-order chi connectivity index (χ0) is 16.4. The van der Waals surface area contributed by atoms with Crippen LogP contribution in [0.4, 0.5) is 0 Å². The molecule has 0 fully saturated rings. The quantitative estimate of drug-likeness (QED) is 0.339. The van der Waals surface area contributed by atoms with Crippen LogP contribution in [0.25, 0.3) is 32.0 Å². The Balaban J connectivity index is 1.99. The minimum absolute atomic E-state index is 1.17. The maximum absolute atomic E-state index is 3.88. The monoisotopic (exact) mass is 390 g/mol. The van der Waals surface area contributed by atoms with Crippen LogP contribution in [0, 0.1) is 0 Å². The molecule has 1 aromatic heterocycles. The van der Waals surface area contributed by atoms with Crippen molar-refractivity contribution in [3.8, 4) is 32.0 Å². The van der Waals surface area contributed by atoms with Crippen molar-refractivity contribution in [3.05, 3.63) is 95.5 Å². The van der Waals surface area contributed by atoms with Crippen molar-refractivity contribution in [1.29, 1.82) is 0 Å². The molecule has 1 heterocycles. The molecule has 0 nitrogen and oxygen atoms in total. The summed E-state index contributed by atoms with van der Waals surface area (Å²) >= 11 is 5.72. The van der Waals surface area contributed by atoms with Gasteiger partial charge in [0, 0.05) is 19.8 Å². The lowest BCUT2D eigenvalue weighted by Gasteiger charge is -2.05. The highest BCUT2D eigenvalue weighted by Gasteiger charge is 2.19. The van der Waals surface area contributed by atoms with Crippen molar-refractivity contribution in [2.45, 2.75) is 0 Å². The van der Waals surface area contributed by atoms with Crippen LogP contribution in [-0.4, -0.2) is 0 Å². The molecule has 0 aliphatic carbocycles. The summed E-state index contributed by atoms with van der Waals surface area (Å²) in [6, 6.07) is 31.8. The summed E-state index contributed by atoms with van der Waals surface area (Å²) in [5, 5.41) is 0. The largest absolute Gasteiger partial charge is 0.133 e. The van der Waals surface area contributed by atoms with Crippen molar-refractivity contribution in [3.63, 3.8) is 0 Å². The van der Waals surface area contributed by atoms with Gasteiger partial charge in [-0.1, -0.05) is 91.0 Å². The van der Waals surface area contributed by atoms with E-state index in [0.717, 1.165) is 0 Å². The highest BCUT2D eigenvalue weighted by Crippen LogP contribution is 2.49. The molecule has 4 rings (SSSR count). The van der Waals surface area contributed by atoms with Crippen LogP contribution in [0.1, 0.15) is 0 Å². The number of rotatable bonds is 3. The Bertz CT molecular complexity index is 941. The molecule has 2 heteroatoms. The van der Waals surface area contributed by atoms with E-state index in [-0.39, 0.29) is 0 Å². The number of hydrogen-bond donors (Lipinski definition) is 0. The Morgan fingerprint density at radius 3 is 1.42 bits per heavy atom. The molecular weight excluding hydrogens is 376 g/mol. The zero-order valence-electron chi connectivity index (χ0n) is 12.9. The van der Waals surface area contributed by atoms with Crippen LogP contribution < -0.4 is 0 Å². The minimum Gasteiger partial charge on any atom is -0.133 e. The molecule has 0 radical (unpaired) electrons. The number of hydrogen-bond acceptors (Lipinski definition) is 1. The molecule has 3 aromatic carbocycles. The summed E-state index contributed by atoms with van der Waals surface area (Å²) in [7, 11) is 0. The van der Waals surface area contributed by atoms with Crippen molar-refractivity contribution in [1.82, 2.24) is 0 Å². The Kier molecular flexibility index (Phi) is 4.33. The first-order valence-corrected chi connectivity index (χ1v) is 9.44. The number of halogens is 1. The lowest BCUT2D eigenvalue weighted by molar-refractivity contribution is 1.62. The summed E-state index contributed by atoms with van der Waals surface area (Å²) in [6.07, 6.45) is 0. The molecule has 0 amide bonds.